The molecule has 0 bridgehead atoms. The molecule has 0 radical (unpaired) electrons. The van der Waals surface area contributed by atoms with Crippen molar-refractivity contribution in [1.29, 1.82) is 0 Å². The van der Waals surface area contributed by atoms with Crippen LogP contribution >= 0.6 is 0 Å². The summed E-state index contributed by atoms with van der Waals surface area (Å²) in [5.74, 6) is 0.0670. The van der Waals surface area contributed by atoms with Gasteiger partial charge in [-0.3, -0.25) is 9.13 Å². The molecule has 0 aliphatic heterocycles. The molecular weight excluding hydrogens is 419 g/mol. The first-order valence-electron chi connectivity index (χ1n) is 11.5. The van der Waals surface area contributed by atoms with E-state index in [4.69, 9.17) is 0 Å². The molecule has 0 fully saturated rings. The average molecular weight is 449 g/mol. The summed E-state index contributed by atoms with van der Waals surface area (Å²) in [7, 11) is 0. The molecule has 4 aromatic rings. The second-order valence-corrected chi connectivity index (χ2v) is 8.20. The van der Waals surface area contributed by atoms with Gasteiger partial charge in [-0.1, -0.05) is 75.6 Å². The lowest BCUT2D eigenvalue weighted by Gasteiger charge is -2.11. The number of aromatic nitrogens is 6. The van der Waals surface area contributed by atoms with Gasteiger partial charge in [0.05, 0.1) is 12.2 Å². The van der Waals surface area contributed by atoms with E-state index in [1.54, 1.807) is 4.57 Å². The summed E-state index contributed by atoms with van der Waals surface area (Å²) >= 11 is 0. The summed E-state index contributed by atoms with van der Waals surface area (Å²) < 4.78 is 18.0. The molecule has 0 aliphatic carbocycles. The summed E-state index contributed by atoms with van der Waals surface area (Å²) in [6, 6.07) is 15.9. The SMILES string of the molecule is CCCCCn1c(F)c(CCC)n(Cc2ccc(-c3ccccc3)c(-c3nn[nH]n3)c2)c1=O. The molecule has 33 heavy (non-hydrogen) atoms. The van der Waals surface area contributed by atoms with E-state index in [2.05, 4.69) is 27.5 Å². The van der Waals surface area contributed by atoms with E-state index < -0.39 is 5.95 Å². The highest BCUT2D eigenvalue weighted by molar-refractivity contribution is 5.80. The lowest BCUT2D eigenvalue weighted by molar-refractivity contribution is 0.461. The van der Waals surface area contributed by atoms with Gasteiger partial charge in [0.15, 0.2) is 0 Å². The molecule has 0 atom stereocenters. The van der Waals surface area contributed by atoms with Gasteiger partial charge in [0.25, 0.3) is 0 Å². The van der Waals surface area contributed by atoms with Gasteiger partial charge < -0.3 is 0 Å². The molecule has 0 saturated heterocycles. The average Bonchev–Trinajstić information content (AvgIpc) is 3.45. The number of H-pyrrole nitrogens is 1. The fourth-order valence-corrected chi connectivity index (χ4v) is 4.17. The normalized spacial score (nSPS) is 11.2. The Hall–Kier alpha value is -3.55. The molecule has 1 N–H and O–H groups in total. The predicted octanol–water partition coefficient (Wildman–Crippen LogP) is 4.83. The van der Waals surface area contributed by atoms with E-state index in [0.29, 0.717) is 24.5 Å². The minimum absolute atomic E-state index is 0.284. The Labute approximate surface area is 192 Å². The van der Waals surface area contributed by atoms with Crippen molar-refractivity contribution in [2.24, 2.45) is 0 Å². The summed E-state index contributed by atoms with van der Waals surface area (Å²) in [5.41, 5.74) is 3.85. The maximum atomic E-state index is 15.2. The van der Waals surface area contributed by atoms with Crippen LogP contribution in [0.3, 0.4) is 0 Å². The van der Waals surface area contributed by atoms with E-state index in [-0.39, 0.29) is 12.2 Å². The van der Waals surface area contributed by atoms with E-state index in [1.165, 1.54) is 4.57 Å². The first-order valence-corrected chi connectivity index (χ1v) is 11.5. The van der Waals surface area contributed by atoms with Crippen LogP contribution in [0.25, 0.3) is 22.5 Å². The summed E-state index contributed by atoms with van der Waals surface area (Å²) in [5, 5.41) is 14.5. The topological polar surface area (TPSA) is 81.4 Å². The number of rotatable bonds is 10. The Morgan fingerprint density at radius 2 is 1.79 bits per heavy atom. The third-order valence-electron chi connectivity index (χ3n) is 5.83. The van der Waals surface area contributed by atoms with Crippen LogP contribution in [0.15, 0.2) is 53.3 Å². The highest BCUT2D eigenvalue weighted by Crippen LogP contribution is 2.31. The van der Waals surface area contributed by atoms with Gasteiger partial charge in [-0.05, 0) is 40.8 Å². The van der Waals surface area contributed by atoms with Gasteiger partial charge in [-0.25, -0.2) is 4.79 Å². The molecule has 2 aromatic heterocycles. The fraction of sp³-hybridized carbons (Fsp3) is 0.360. The van der Waals surface area contributed by atoms with Gasteiger partial charge in [0, 0.05) is 12.1 Å². The number of unbranched alkanes of at least 4 members (excludes halogenated alkanes) is 2. The molecule has 7 nitrogen and oxygen atoms in total. The van der Waals surface area contributed by atoms with Crippen LogP contribution in [0, 0.1) is 5.95 Å². The largest absolute Gasteiger partial charge is 0.330 e. The van der Waals surface area contributed by atoms with Crippen molar-refractivity contribution in [1.82, 2.24) is 29.8 Å². The van der Waals surface area contributed by atoms with Crippen LogP contribution in [0.1, 0.15) is 50.8 Å². The minimum atomic E-state index is -0.405. The van der Waals surface area contributed by atoms with Gasteiger partial charge in [-0.15, -0.1) is 10.2 Å². The summed E-state index contributed by atoms with van der Waals surface area (Å²) in [6.07, 6.45) is 4.05. The van der Waals surface area contributed by atoms with Gasteiger partial charge in [0.2, 0.25) is 11.8 Å². The molecule has 0 amide bonds. The third-order valence-corrected chi connectivity index (χ3v) is 5.83. The van der Waals surface area contributed by atoms with Gasteiger partial charge in [-0.2, -0.15) is 9.60 Å². The highest BCUT2D eigenvalue weighted by Gasteiger charge is 2.20. The van der Waals surface area contributed by atoms with Gasteiger partial charge >= 0.3 is 5.69 Å². The highest BCUT2D eigenvalue weighted by atomic mass is 19.1. The van der Waals surface area contributed by atoms with Crippen LogP contribution in [-0.4, -0.2) is 29.8 Å². The summed E-state index contributed by atoms with van der Waals surface area (Å²) in [4.78, 5) is 13.1. The zero-order chi connectivity index (χ0) is 23.2. The second-order valence-electron chi connectivity index (χ2n) is 8.20. The van der Waals surface area contributed by atoms with Crippen LogP contribution < -0.4 is 5.69 Å². The summed E-state index contributed by atoms with van der Waals surface area (Å²) in [6.45, 7) is 4.77. The number of benzene rings is 2. The first kappa shape index (κ1) is 22.6. The number of imidazole rings is 1. The molecule has 0 unspecified atom stereocenters. The zero-order valence-corrected chi connectivity index (χ0v) is 19.1. The molecule has 0 spiro atoms. The molecule has 8 heteroatoms. The number of nitrogens with zero attached hydrogens (tertiary/aromatic N) is 5. The lowest BCUT2D eigenvalue weighted by Crippen LogP contribution is -2.26. The number of halogens is 1. The third kappa shape index (κ3) is 4.79. The van der Waals surface area contributed by atoms with Crippen molar-refractivity contribution in [3.05, 3.63) is 76.2 Å². The Morgan fingerprint density at radius 3 is 2.48 bits per heavy atom. The van der Waals surface area contributed by atoms with E-state index in [9.17, 15) is 4.79 Å². The first-order chi connectivity index (χ1) is 16.1. The number of hydrogen-bond donors (Lipinski definition) is 1. The predicted molar refractivity (Wildman–Crippen MR) is 126 cm³/mol. The van der Waals surface area contributed by atoms with Crippen molar-refractivity contribution in [3.8, 4) is 22.5 Å². The number of nitrogens with one attached hydrogen (secondary N) is 1. The number of hydrogen-bond acceptors (Lipinski definition) is 4. The Morgan fingerprint density at radius 1 is 0.970 bits per heavy atom. The number of tetrazole rings is 1. The van der Waals surface area contributed by atoms with Crippen molar-refractivity contribution in [2.45, 2.75) is 59.0 Å². The van der Waals surface area contributed by atoms with Gasteiger partial charge in [0.1, 0.15) is 0 Å². The van der Waals surface area contributed by atoms with E-state index in [0.717, 1.165) is 47.9 Å². The minimum Gasteiger partial charge on any atom is -0.289 e. The quantitative estimate of drug-likeness (QED) is 0.353. The van der Waals surface area contributed by atoms with Crippen LogP contribution in [-0.2, 0) is 19.5 Å². The van der Waals surface area contributed by atoms with Crippen LogP contribution in [0.4, 0.5) is 4.39 Å². The second kappa shape index (κ2) is 10.4. The molecular formula is C25H29FN6O. The molecule has 2 aromatic carbocycles. The molecule has 2 heterocycles. The maximum absolute atomic E-state index is 15.2. The van der Waals surface area contributed by atoms with Crippen molar-refractivity contribution < 1.29 is 4.39 Å². The van der Waals surface area contributed by atoms with Crippen molar-refractivity contribution in [2.75, 3.05) is 0 Å². The Balaban J connectivity index is 1.74. The van der Waals surface area contributed by atoms with Crippen molar-refractivity contribution >= 4 is 0 Å². The zero-order valence-electron chi connectivity index (χ0n) is 19.1. The smallest absolute Gasteiger partial charge is 0.289 e. The molecule has 172 valence electrons. The number of aromatic amines is 1. The van der Waals surface area contributed by atoms with Crippen molar-refractivity contribution in [3.63, 3.8) is 0 Å². The Kier molecular flexibility index (Phi) is 7.12. The monoisotopic (exact) mass is 448 g/mol. The fourth-order valence-electron chi connectivity index (χ4n) is 4.17. The van der Waals surface area contributed by atoms with Crippen LogP contribution in [0.2, 0.25) is 0 Å². The maximum Gasteiger partial charge on any atom is 0.330 e. The standard InChI is InChI=1S/C25H29FN6O/c1-3-5-9-15-31-23(26)22(10-4-2)32(25(31)33)17-18-13-14-20(19-11-7-6-8-12-19)21(16-18)24-27-29-30-28-24/h6-8,11-14,16H,3-5,9-10,15,17H2,1-2H3,(H,27,28,29,30). The van der Waals surface area contributed by atoms with Crippen LogP contribution in [0.5, 0.6) is 0 Å². The molecule has 4 rings (SSSR count). The molecule has 0 aliphatic rings. The molecule has 0 saturated carbocycles. The Bertz CT molecular complexity index is 1240. The lowest BCUT2D eigenvalue weighted by atomic mass is 9.97. The van der Waals surface area contributed by atoms with E-state index in [1.807, 2.05) is 55.5 Å². The van der Waals surface area contributed by atoms with E-state index >= 15 is 4.39 Å².